The first-order valence-corrected chi connectivity index (χ1v) is 2.55. The van der Waals surface area contributed by atoms with Gasteiger partial charge in [-0.3, -0.25) is 0 Å². The molecular formula is H5NO2Si. The summed E-state index contributed by atoms with van der Waals surface area (Å²) in [6.07, 6.45) is 0. The van der Waals surface area contributed by atoms with Crippen LogP contribution in [-0.4, -0.2) is 19.0 Å². The van der Waals surface area contributed by atoms with E-state index in [2.05, 4.69) is 5.40 Å². The van der Waals surface area contributed by atoms with Gasteiger partial charge in [0.1, 0.15) is 0 Å². The quantitative estimate of drug-likeness (QED) is 0.285. The van der Waals surface area contributed by atoms with E-state index in [-0.39, 0.29) is 0 Å². The zero-order chi connectivity index (χ0) is 3.58. The van der Waals surface area contributed by atoms with Gasteiger partial charge in [-0.1, -0.05) is 0 Å². The van der Waals surface area contributed by atoms with Crippen molar-refractivity contribution < 1.29 is 9.59 Å². The summed E-state index contributed by atoms with van der Waals surface area (Å²) >= 11 is 0. The molecule has 0 spiro atoms. The molecule has 0 radical (unpaired) electrons. The van der Waals surface area contributed by atoms with Crippen LogP contribution in [0.5, 0.6) is 0 Å². The lowest BCUT2D eigenvalue weighted by Gasteiger charge is -1.76. The van der Waals surface area contributed by atoms with Crippen LogP contribution in [0.1, 0.15) is 0 Å². The Morgan fingerprint density at radius 1 is 1.50 bits per heavy atom. The van der Waals surface area contributed by atoms with Crippen molar-refractivity contribution in [2.75, 3.05) is 0 Å². The van der Waals surface area contributed by atoms with Crippen molar-refractivity contribution in [2.24, 2.45) is 5.40 Å². The van der Waals surface area contributed by atoms with Crippen LogP contribution in [0.3, 0.4) is 0 Å². The van der Waals surface area contributed by atoms with Crippen molar-refractivity contribution in [3.63, 3.8) is 0 Å². The monoisotopic (exact) mass is 79.0 g/mol. The van der Waals surface area contributed by atoms with Gasteiger partial charge in [-0.15, -0.1) is 0 Å². The molecule has 0 aliphatic heterocycles. The molecule has 0 aliphatic rings. The van der Waals surface area contributed by atoms with Crippen LogP contribution in [-0.2, 0) is 0 Å². The van der Waals surface area contributed by atoms with E-state index >= 15 is 0 Å². The molecule has 3 nitrogen and oxygen atoms in total. The summed E-state index contributed by atoms with van der Waals surface area (Å²) in [5.41, 5.74) is 0. The first kappa shape index (κ1) is 4.10. The lowest BCUT2D eigenvalue weighted by atomic mass is 13.9. The lowest BCUT2D eigenvalue weighted by molar-refractivity contribution is 0.409. The predicted octanol–water partition coefficient (Wildman–Crippen LogP) is -2.35. The molecule has 0 amide bonds. The number of nitrogens with two attached hydrogens (primary N) is 1. The maximum atomic E-state index is 7.53. The highest BCUT2D eigenvalue weighted by molar-refractivity contribution is 6.36. The zero-order valence-electron chi connectivity index (χ0n) is 2.05. The van der Waals surface area contributed by atoms with E-state index in [1.807, 2.05) is 0 Å². The minimum atomic E-state index is -2.64. The van der Waals surface area contributed by atoms with Crippen LogP contribution in [0.4, 0.5) is 0 Å². The molecule has 0 aromatic rings. The van der Waals surface area contributed by atoms with Crippen molar-refractivity contribution in [3.8, 4) is 0 Å². The highest BCUT2D eigenvalue weighted by Gasteiger charge is 1.79. The van der Waals surface area contributed by atoms with Crippen LogP contribution < -0.4 is 5.40 Å². The third-order valence-electron chi connectivity index (χ3n) is 0. The Morgan fingerprint density at radius 3 is 1.50 bits per heavy atom. The minimum Gasteiger partial charge on any atom is -0.402 e. The smallest absolute Gasteiger partial charge is 0.400 e. The molecule has 4 heavy (non-hydrogen) atoms. The topological polar surface area (TPSA) is 66.5 Å². The largest absolute Gasteiger partial charge is 0.402 e. The number of rotatable bonds is 0. The van der Waals surface area contributed by atoms with Gasteiger partial charge in [0, 0.05) is 0 Å². The van der Waals surface area contributed by atoms with Gasteiger partial charge in [0.2, 0.25) is 0 Å². The molecular weight excluding hydrogens is 74.1 g/mol. The van der Waals surface area contributed by atoms with Crippen molar-refractivity contribution in [1.29, 1.82) is 0 Å². The lowest BCUT2D eigenvalue weighted by Crippen LogP contribution is -2.23. The molecule has 0 unspecified atom stereocenters. The highest BCUT2D eigenvalue weighted by Crippen LogP contribution is 1.31. The fourth-order valence-electron chi connectivity index (χ4n) is 0. The second-order valence-electron chi connectivity index (χ2n) is 0.414. The fourth-order valence-corrected chi connectivity index (χ4v) is 0. The van der Waals surface area contributed by atoms with Gasteiger partial charge in [0.25, 0.3) is 0 Å². The molecule has 0 bridgehead atoms. The molecule has 26 valence electrons. The average Bonchev–Trinajstić information content (AvgIpc) is 0.811. The standard InChI is InChI=1S/H5NO2Si/c1-4(2)3/h2-4H,1H2. The van der Waals surface area contributed by atoms with Crippen LogP contribution >= 0.6 is 0 Å². The maximum Gasteiger partial charge on any atom is 0.400 e. The second kappa shape index (κ2) is 1.42. The summed E-state index contributed by atoms with van der Waals surface area (Å²) < 4.78 is 0. The molecule has 0 atom stereocenters. The number of hydrogen-bond acceptors (Lipinski definition) is 3. The van der Waals surface area contributed by atoms with Gasteiger partial charge < -0.3 is 15.0 Å². The molecule has 0 aromatic heterocycles. The van der Waals surface area contributed by atoms with E-state index in [9.17, 15) is 0 Å². The summed E-state index contributed by atoms with van der Waals surface area (Å²) in [5, 5.41) is 4.36. The summed E-state index contributed by atoms with van der Waals surface area (Å²) in [6.45, 7) is 0. The molecule has 0 aliphatic carbocycles. The van der Waals surface area contributed by atoms with Crippen molar-refractivity contribution in [1.82, 2.24) is 0 Å². The normalized spacial score (nSPS) is 9.00. The Balaban J connectivity index is 2.32. The van der Waals surface area contributed by atoms with E-state index in [1.54, 1.807) is 0 Å². The average molecular weight is 79.1 g/mol. The van der Waals surface area contributed by atoms with Crippen molar-refractivity contribution in [3.05, 3.63) is 0 Å². The van der Waals surface area contributed by atoms with Gasteiger partial charge >= 0.3 is 9.45 Å². The van der Waals surface area contributed by atoms with E-state index < -0.39 is 9.45 Å². The third-order valence-corrected chi connectivity index (χ3v) is 0. The molecule has 4 heteroatoms. The maximum absolute atomic E-state index is 7.53. The zero-order valence-corrected chi connectivity index (χ0v) is 3.20. The first-order valence-electron chi connectivity index (χ1n) is 0.850. The van der Waals surface area contributed by atoms with Crippen LogP contribution in [0.25, 0.3) is 0 Å². The Bertz CT molecular complexity index is 10.8. The van der Waals surface area contributed by atoms with Crippen molar-refractivity contribution >= 4 is 9.45 Å². The molecule has 4 N–H and O–H groups in total. The molecule has 0 rings (SSSR count). The van der Waals surface area contributed by atoms with Gasteiger partial charge in [-0.05, 0) is 0 Å². The van der Waals surface area contributed by atoms with Crippen molar-refractivity contribution in [2.45, 2.75) is 0 Å². The molecule has 0 heterocycles. The SMILES string of the molecule is N[SiH](O)O. The van der Waals surface area contributed by atoms with Crippen LogP contribution in [0.15, 0.2) is 0 Å². The summed E-state index contributed by atoms with van der Waals surface area (Å²) in [4.78, 5) is 15.1. The Hall–Kier alpha value is 0.0969. The first-order chi connectivity index (χ1) is 1.73. The Kier molecular flexibility index (Phi) is 1.45. The molecule has 0 aromatic carbocycles. The Labute approximate surface area is 25.6 Å². The van der Waals surface area contributed by atoms with E-state index in [0.29, 0.717) is 0 Å². The summed E-state index contributed by atoms with van der Waals surface area (Å²) in [6, 6.07) is 0. The third kappa shape index (κ3) is 269. The van der Waals surface area contributed by atoms with Gasteiger partial charge in [0.15, 0.2) is 0 Å². The summed E-state index contributed by atoms with van der Waals surface area (Å²) in [7, 11) is -2.64. The van der Waals surface area contributed by atoms with E-state index in [4.69, 9.17) is 9.59 Å². The van der Waals surface area contributed by atoms with Crippen LogP contribution in [0.2, 0.25) is 0 Å². The molecule has 0 saturated carbocycles. The summed E-state index contributed by atoms with van der Waals surface area (Å²) in [5.74, 6) is 0. The van der Waals surface area contributed by atoms with Gasteiger partial charge in [-0.25, -0.2) is 0 Å². The fraction of sp³-hybridized carbons (Fsp3) is 0. The minimum absolute atomic E-state index is 2.64. The van der Waals surface area contributed by atoms with E-state index in [0.717, 1.165) is 0 Å². The van der Waals surface area contributed by atoms with Gasteiger partial charge in [-0.2, -0.15) is 0 Å². The van der Waals surface area contributed by atoms with E-state index in [1.165, 1.54) is 0 Å². The predicted molar refractivity (Wildman–Crippen MR) is 15.8 cm³/mol. The molecule has 0 saturated heterocycles. The van der Waals surface area contributed by atoms with Crippen LogP contribution in [0, 0.1) is 0 Å². The van der Waals surface area contributed by atoms with Gasteiger partial charge in [0.05, 0.1) is 0 Å². The Morgan fingerprint density at radius 2 is 1.50 bits per heavy atom. The highest BCUT2D eigenvalue weighted by atomic mass is 28.3. The molecule has 0 fully saturated rings. The second-order valence-corrected chi connectivity index (χ2v) is 1.24. The number of hydrogen-bond donors (Lipinski definition) is 3.